The molecule has 0 saturated carbocycles. The first-order valence-corrected chi connectivity index (χ1v) is 7.46. The molecule has 0 spiro atoms. The van der Waals surface area contributed by atoms with Crippen LogP contribution in [0.2, 0.25) is 0 Å². The van der Waals surface area contributed by atoms with Crippen LogP contribution in [0.1, 0.15) is 11.5 Å². The normalized spacial score (nSPS) is 15.8. The highest BCUT2D eigenvalue weighted by Gasteiger charge is 2.21. The van der Waals surface area contributed by atoms with E-state index in [0.717, 1.165) is 36.8 Å². The molecule has 2 heterocycles. The molecule has 0 radical (unpaired) electrons. The fourth-order valence-corrected chi connectivity index (χ4v) is 2.54. The molecule has 22 heavy (non-hydrogen) atoms. The van der Waals surface area contributed by atoms with E-state index in [4.69, 9.17) is 4.52 Å². The van der Waals surface area contributed by atoms with Gasteiger partial charge in [0, 0.05) is 37.9 Å². The van der Waals surface area contributed by atoms with Gasteiger partial charge in [-0.3, -0.25) is 4.90 Å². The Morgan fingerprint density at radius 2 is 1.95 bits per heavy atom. The summed E-state index contributed by atoms with van der Waals surface area (Å²) in [7, 11) is 0. The number of carbonyl (C=O) groups is 1. The SMILES string of the molecule is Cc1cc(CN2CCN(C(=O)Nc3ccccc3)CC2)on1. The Hall–Kier alpha value is -2.34. The molecule has 1 aromatic carbocycles. The molecule has 1 aliphatic rings. The lowest BCUT2D eigenvalue weighted by Crippen LogP contribution is -2.49. The summed E-state index contributed by atoms with van der Waals surface area (Å²) in [5.41, 5.74) is 1.72. The maximum absolute atomic E-state index is 12.2. The van der Waals surface area contributed by atoms with E-state index in [1.807, 2.05) is 48.2 Å². The topological polar surface area (TPSA) is 61.6 Å². The first-order chi connectivity index (χ1) is 10.7. The van der Waals surface area contributed by atoms with Gasteiger partial charge in [-0.15, -0.1) is 0 Å². The highest BCUT2D eigenvalue weighted by molar-refractivity contribution is 5.89. The number of urea groups is 1. The third-order valence-electron chi connectivity index (χ3n) is 3.74. The number of anilines is 1. The van der Waals surface area contributed by atoms with E-state index in [1.54, 1.807) is 0 Å². The number of para-hydroxylation sites is 1. The van der Waals surface area contributed by atoms with Crippen molar-refractivity contribution in [3.8, 4) is 0 Å². The number of hydrogen-bond acceptors (Lipinski definition) is 4. The van der Waals surface area contributed by atoms with Crippen LogP contribution in [0.25, 0.3) is 0 Å². The average Bonchev–Trinajstić information content (AvgIpc) is 2.94. The zero-order chi connectivity index (χ0) is 15.4. The van der Waals surface area contributed by atoms with E-state index in [2.05, 4.69) is 15.4 Å². The van der Waals surface area contributed by atoms with Crippen molar-refractivity contribution in [2.24, 2.45) is 0 Å². The highest BCUT2D eigenvalue weighted by atomic mass is 16.5. The van der Waals surface area contributed by atoms with Crippen LogP contribution >= 0.6 is 0 Å². The Kier molecular flexibility index (Phi) is 4.39. The third kappa shape index (κ3) is 3.65. The summed E-state index contributed by atoms with van der Waals surface area (Å²) in [5.74, 6) is 0.875. The number of carbonyl (C=O) groups excluding carboxylic acids is 1. The van der Waals surface area contributed by atoms with Crippen LogP contribution in [0.15, 0.2) is 40.9 Å². The molecule has 0 unspecified atom stereocenters. The van der Waals surface area contributed by atoms with E-state index >= 15 is 0 Å². The molecule has 6 heteroatoms. The van der Waals surface area contributed by atoms with E-state index < -0.39 is 0 Å². The summed E-state index contributed by atoms with van der Waals surface area (Å²) < 4.78 is 5.24. The Bertz CT molecular complexity index is 618. The van der Waals surface area contributed by atoms with Gasteiger partial charge in [0.2, 0.25) is 0 Å². The van der Waals surface area contributed by atoms with E-state index in [1.165, 1.54) is 0 Å². The van der Waals surface area contributed by atoms with Crippen molar-refractivity contribution in [1.29, 1.82) is 0 Å². The number of benzene rings is 1. The van der Waals surface area contributed by atoms with Crippen molar-refractivity contribution in [1.82, 2.24) is 15.0 Å². The molecule has 0 bridgehead atoms. The van der Waals surface area contributed by atoms with Crippen molar-refractivity contribution in [2.45, 2.75) is 13.5 Å². The van der Waals surface area contributed by atoms with Crippen molar-refractivity contribution >= 4 is 11.7 Å². The molecule has 2 amide bonds. The molecular formula is C16H20N4O2. The number of aromatic nitrogens is 1. The average molecular weight is 300 g/mol. The minimum Gasteiger partial charge on any atom is -0.360 e. The number of rotatable bonds is 3. The molecule has 1 N–H and O–H groups in total. The Labute approximate surface area is 129 Å². The molecule has 1 saturated heterocycles. The minimum absolute atomic E-state index is 0.0404. The fourth-order valence-electron chi connectivity index (χ4n) is 2.54. The second kappa shape index (κ2) is 6.62. The van der Waals surface area contributed by atoms with Gasteiger partial charge in [0.25, 0.3) is 0 Å². The van der Waals surface area contributed by atoms with Gasteiger partial charge < -0.3 is 14.7 Å². The maximum Gasteiger partial charge on any atom is 0.321 e. The number of amides is 2. The lowest BCUT2D eigenvalue weighted by molar-refractivity contribution is 0.134. The summed E-state index contributed by atoms with van der Waals surface area (Å²) in [6, 6.07) is 11.4. The quantitative estimate of drug-likeness (QED) is 0.945. The molecule has 6 nitrogen and oxygen atoms in total. The third-order valence-corrected chi connectivity index (χ3v) is 3.74. The highest BCUT2D eigenvalue weighted by Crippen LogP contribution is 2.11. The predicted octanol–water partition coefficient (Wildman–Crippen LogP) is 2.33. The monoisotopic (exact) mass is 300 g/mol. The zero-order valence-electron chi connectivity index (χ0n) is 12.7. The molecule has 3 rings (SSSR count). The van der Waals surface area contributed by atoms with Crippen LogP contribution in [0.5, 0.6) is 0 Å². The van der Waals surface area contributed by atoms with E-state index in [9.17, 15) is 4.79 Å². The lowest BCUT2D eigenvalue weighted by Gasteiger charge is -2.34. The van der Waals surface area contributed by atoms with Gasteiger partial charge in [-0.1, -0.05) is 23.4 Å². The number of nitrogens with zero attached hydrogens (tertiary/aromatic N) is 3. The van der Waals surface area contributed by atoms with Crippen LogP contribution < -0.4 is 5.32 Å². The standard InChI is InChI=1S/C16H20N4O2/c1-13-11-15(22-18-13)12-19-7-9-20(10-8-19)16(21)17-14-5-3-2-4-6-14/h2-6,11H,7-10,12H2,1H3,(H,17,21). The molecule has 1 aliphatic heterocycles. The molecule has 1 aromatic heterocycles. The zero-order valence-corrected chi connectivity index (χ0v) is 12.7. The van der Waals surface area contributed by atoms with Gasteiger partial charge in [-0.05, 0) is 19.1 Å². The fraction of sp³-hybridized carbons (Fsp3) is 0.375. The van der Waals surface area contributed by atoms with Crippen LogP contribution in [0, 0.1) is 6.92 Å². The van der Waals surface area contributed by atoms with Crippen LogP contribution in [0.3, 0.4) is 0 Å². The number of piperazine rings is 1. The maximum atomic E-state index is 12.2. The van der Waals surface area contributed by atoms with Crippen molar-refractivity contribution in [3.63, 3.8) is 0 Å². The molecule has 116 valence electrons. The minimum atomic E-state index is -0.0404. The Balaban J connectivity index is 1.48. The van der Waals surface area contributed by atoms with Crippen LogP contribution in [0.4, 0.5) is 10.5 Å². The molecule has 2 aromatic rings. The molecular weight excluding hydrogens is 280 g/mol. The Morgan fingerprint density at radius 1 is 1.23 bits per heavy atom. The molecule has 0 aliphatic carbocycles. The number of hydrogen-bond donors (Lipinski definition) is 1. The van der Waals surface area contributed by atoms with E-state index in [0.29, 0.717) is 13.1 Å². The van der Waals surface area contributed by atoms with Crippen molar-refractivity contribution in [3.05, 3.63) is 47.9 Å². The van der Waals surface area contributed by atoms with Crippen LogP contribution in [-0.4, -0.2) is 47.2 Å². The van der Waals surface area contributed by atoms with Gasteiger partial charge >= 0.3 is 6.03 Å². The molecule has 1 fully saturated rings. The first kappa shape index (κ1) is 14.6. The van der Waals surface area contributed by atoms with Gasteiger partial charge in [0.05, 0.1) is 12.2 Å². The number of aryl methyl sites for hydroxylation is 1. The molecule has 0 atom stereocenters. The summed E-state index contributed by atoms with van der Waals surface area (Å²) in [6.07, 6.45) is 0. The van der Waals surface area contributed by atoms with Gasteiger partial charge in [0.1, 0.15) is 0 Å². The van der Waals surface area contributed by atoms with Gasteiger partial charge in [-0.25, -0.2) is 4.79 Å². The van der Waals surface area contributed by atoms with Gasteiger partial charge in [-0.2, -0.15) is 0 Å². The number of nitrogens with one attached hydrogen (secondary N) is 1. The smallest absolute Gasteiger partial charge is 0.321 e. The first-order valence-electron chi connectivity index (χ1n) is 7.46. The summed E-state index contributed by atoms with van der Waals surface area (Å²) in [4.78, 5) is 16.3. The largest absolute Gasteiger partial charge is 0.360 e. The van der Waals surface area contributed by atoms with Crippen LogP contribution in [-0.2, 0) is 6.54 Å². The van der Waals surface area contributed by atoms with Crippen molar-refractivity contribution < 1.29 is 9.32 Å². The second-order valence-corrected chi connectivity index (χ2v) is 5.49. The lowest BCUT2D eigenvalue weighted by atomic mass is 10.3. The van der Waals surface area contributed by atoms with E-state index in [-0.39, 0.29) is 6.03 Å². The summed E-state index contributed by atoms with van der Waals surface area (Å²) >= 11 is 0. The van der Waals surface area contributed by atoms with Crippen molar-refractivity contribution in [2.75, 3.05) is 31.5 Å². The summed E-state index contributed by atoms with van der Waals surface area (Å²) in [5, 5.41) is 6.82. The summed E-state index contributed by atoms with van der Waals surface area (Å²) in [6.45, 7) is 5.76. The van der Waals surface area contributed by atoms with Gasteiger partial charge in [0.15, 0.2) is 5.76 Å². The predicted molar refractivity (Wildman–Crippen MR) is 83.6 cm³/mol. The second-order valence-electron chi connectivity index (χ2n) is 5.49. The Morgan fingerprint density at radius 3 is 2.59 bits per heavy atom.